The van der Waals surface area contributed by atoms with E-state index in [1.165, 1.54) is 25.3 Å². The largest absolute Gasteiger partial charge is 0.478 e. The van der Waals surface area contributed by atoms with E-state index in [1.807, 2.05) is 0 Å². The molecule has 0 amide bonds. The molecular formula is C9H8O5. The number of aromatic carboxylic acids is 1. The third kappa shape index (κ3) is 1.38. The Kier molecular flexibility index (Phi) is 2.01. The van der Waals surface area contributed by atoms with E-state index in [-0.39, 0.29) is 5.56 Å². The van der Waals surface area contributed by atoms with Crippen molar-refractivity contribution in [1.29, 1.82) is 0 Å². The molecule has 2 rings (SSSR count). The summed E-state index contributed by atoms with van der Waals surface area (Å²) in [6, 6.07) is 4.39. The molecule has 0 fully saturated rings. The van der Waals surface area contributed by atoms with Gasteiger partial charge in [-0.25, -0.2) is 4.79 Å². The van der Waals surface area contributed by atoms with Crippen molar-refractivity contribution in [2.75, 3.05) is 7.11 Å². The van der Waals surface area contributed by atoms with E-state index < -0.39 is 12.4 Å². The van der Waals surface area contributed by atoms with Crippen LogP contribution >= 0.6 is 0 Å². The topological polar surface area (TPSA) is 65.0 Å². The number of carboxylic acids is 1. The molecule has 1 N–H and O–H groups in total. The van der Waals surface area contributed by atoms with E-state index in [1.54, 1.807) is 0 Å². The number of fused-ring (bicyclic) bond motifs is 1. The van der Waals surface area contributed by atoms with Gasteiger partial charge in [0, 0.05) is 7.11 Å². The average molecular weight is 196 g/mol. The van der Waals surface area contributed by atoms with Crippen LogP contribution in [-0.2, 0) is 4.74 Å². The zero-order valence-electron chi connectivity index (χ0n) is 7.39. The standard InChI is InChI=1S/C9H8O5/c1-12-9-13-6-3-2-5(8(10)11)4-7(6)14-9/h2-4,9H,1H3,(H,10,11). The van der Waals surface area contributed by atoms with Crippen LogP contribution < -0.4 is 9.47 Å². The van der Waals surface area contributed by atoms with Gasteiger partial charge in [-0.2, -0.15) is 0 Å². The number of carboxylic acid groups (broad SMARTS) is 1. The normalized spacial score (nSPS) is 18.2. The Morgan fingerprint density at radius 1 is 1.43 bits per heavy atom. The average Bonchev–Trinajstić information content (AvgIpc) is 2.58. The summed E-state index contributed by atoms with van der Waals surface area (Å²) >= 11 is 0. The van der Waals surface area contributed by atoms with Crippen molar-refractivity contribution in [2.24, 2.45) is 0 Å². The molecule has 1 aromatic rings. The van der Waals surface area contributed by atoms with Gasteiger partial charge in [0.1, 0.15) is 0 Å². The molecule has 1 aliphatic rings. The first kappa shape index (κ1) is 8.83. The SMILES string of the molecule is COC1Oc2ccc(C(=O)O)cc2O1. The van der Waals surface area contributed by atoms with Crippen LogP contribution in [0.15, 0.2) is 18.2 Å². The minimum absolute atomic E-state index is 0.157. The predicted octanol–water partition coefficient (Wildman–Crippen LogP) is 1.09. The molecule has 0 bridgehead atoms. The number of hydrogen-bond acceptors (Lipinski definition) is 4. The molecule has 0 aliphatic carbocycles. The number of ether oxygens (including phenoxy) is 3. The lowest BCUT2D eigenvalue weighted by atomic mass is 10.2. The van der Waals surface area contributed by atoms with Gasteiger partial charge >= 0.3 is 12.4 Å². The maximum absolute atomic E-state index is 10.6. The predicted molar refractivity (Wildman–Crippen MR) is 45.5 cm³/mol. The van der Waals surface area contributed by atoms with Gasteiger partial charge in [0.05, 0.1) is 5.56 Å². The second-order valence-corrected chi connectivity index (χ2v) is 2.73. The Hall–Kier alpha value is -1.75. The van der Waals surface area contributed by atoms with Gasteiger partial charge in [0.2, 0.25) is 0 Å². The highest BCUT2D eigenvalue weighted by Gasteiger charge is 2.24. The van der Waals surface area contributed by atoms with Crippen molar-refractivity contribution in [1.82, 2.24) is 0 Å². The van der Waals surface area contributed by atoms with E-state index in [0.29, 0.717) is 11.5 Å². The summed E-state index contributed by atoms with van der Waals surface area (Å²) in [5.41, 5.74) is 0.157. The second kappa shape index (κ2) is 3.19. The summed E-state index contributed by atoms with van der Waals surface area (Å²) in [5, 5.41) is 8.71. The maximum atomic E-state index is 10.6. The number of methoxy groups -OCH3 is 1. The Bertz CT molecular complexity index is 373. The van der Waals surface area contributed by atoms with Crippen molar-refractivity contribution >= 4 is 5.97 Å². The van der Waals surface area contributed by atoms with Crippen molar-refractivity contribution in [3.05, 3.63) is 23.8 Å². The second-order valence-electron chi connectivity index (χ2n) is 2.73. The van der Waals surface area contributed by atoms with Crippen molar-refractivity contribution in [3.63, 3.8) is 0 Å². The lowest BCUT2D eigenvalue weighted by Crippen LogP contribution is -2.19. The van der Waals surface area contributed by atoms with Gasteiger partial charge in [-0.1, -0.05) is 0 Å². The molecule has 1 atom stereocenters. The van der Waals surface area contributed by atoms with Crippen LogP contribution in [0.4, 0.5) is 0 Å². The van der Waals surface area contributed by atoms with Gasteiger partial charge in [0.25, 0.3) is 0 Å². The molecule has 0 spiro atoms. The lowest BCUT2D eigenvalue weighted by molar-refractivity contribution is -0.157. The van der Waals surface area contributed by atoms with Crippen LogP contribution in [-0.4, -0.2) is 24.7 Å². The first-order valence-electron chi connectivity index (χ1n) is 3.94. The Balaban J connectivity index is 2.31. The fourth-order valence-electron chi connectivity index (χ4n) is 1.16. The molecule has 74 valence electrons. The Morgan fingerprint density at radius 3 is 2.79 bits per heavy atom. The highest BCUT2D eigenvalue weighted by molar-refractivity contribution is 5.88. The number of rotatable bonds is 2. The number of hydrogen-bond donors (Lipinski definition) is 1. The quantitative estimate of drug-likeness (QED) is 0.766. The van der Waals surface area contributed by atoms with E-state index >= 15 is 0 Å². The summed E-state index contributed by atoms with van der Waals surface area (Å²) in [4.78, 5) is 10.6. The summed E-state index contributed by atoms with van der Waals surface area (Å²) in [5.74, 6) is -0.129. The van der Waals surface area contributed by atoms with E-state index in [9.17, 15) is 4.79 Å². The van der Waals surface area contributed by atoms with E-state index in [2.05, 4.69) is 0 Å². The molecule has 5 nitrogen and oxygen atoms in total. The van der Waals surface area contributed by atoms with Crippen molar-refractivity contribution in [3.8, 4) is 11.5 Å². The zero-order chi connectivity index (χ0) is 10.1. The number of benzene rings is 1. The molecule has 1 aromatic carbocycles. The molecule has 1 aliphatic heterocycles. The van der Waals surface area contributed by atoms with Gasteiger partial charge in [-0.15, -0.1) is 0 Å². The van der Waals surface area contributed by atoms with Gasteiger partial charge in [-0.3, -0.25) is 0 Å². The molecule has 0 saturated heterocycles. The van der Waals surface area contributed by atoms with Crippen LogP contribution in [0.3, 0.4) is 0 Å². The van der Waals surface area contributed by atoms with Crippen LogP contribution in [0.5, 0.6) is 11.5 Å². The van der Waals surface area contributed by atoms with E-state index in [0.717, 1.165) is 0 Å². The summed E-state index contributed by atoms with van der Waals surface area (Å²) in [7, 11) is 1.44. The molecule has 14 heavy (non-hydrogen) atoms. The minimum atomic E-state index is -1.00. The van der Waals surface area contributed by atoms with Crippen LogP contribution in [0.1, 0.15) is 10.4 Å². The van der Waals surface area contributed by atoms with Crippen LogP contribution in [0, 0.1) is 0 Å². The fourth-order valence-corrected chi connectivity index (χ4v) is 1.16. The monoisotopic (exact) mass is 196 g/mol. The zero-order valence-corrected chi connectivity index (χ0v) is 7.39. The Morgan fingerprint density at radius 2 is 2.14 bits per heavy atom. The molecule has 5 heteroatoms. The molecule has 0 radical (unpaired) electrons. The third-order valence-electron chi connectivity index (χ3n) is 1.83. The summed E-state index contributed by atoms with van der Waals surface area (Å²) in [6.07, 6.45) is 0. The first-order chi connectivity index (χ1) is 6.70. The highest BCUT2D eigenvalue weighted by Crippen LogP contribution is 2.35. The van der Waals surface area contributed by atoms with Crippen molar-refractivity contribution < 1.29 is 24.1 Å². The highest BCUT2D eigenvalue weighted by atomic mass is 16.9. The smallest absolute Gasteiger partial charge is 0.360 e. The minimum Gasteiger partial charge on any atom is -0.478 e. The Labute approximate surface area is 79.8 Å². The summed E-state index contributed by atoms with van der Waals surface area (Å²) in [6.45, 7) is -0.783. The van der Waals surface area contributed by atoms with Crippen LogP contribution in [0.2, 0.25) is 0 Å². The first-order valence-corrected chi connectivity index (χ1v) is 3.94. The molecular weight excluding hydrogens is 188 g/mol. The fraction of sp³-hybridized carbons (Fsp3) is 0.222. The lowest BCUT2D eigenvalue weighted by Gasteiger charge is -2.05. The molecule has 1 heterocycles. The van der Waals surface area contributed by atoms with Crippen LogP contribution in [0.25, 0.3) is 0 Å². The van der Waals surface area contributed by atoms with Gasteiger partial charge in [-0.05, 0) is 18.2 Å². The van der Waals surface area contributed by atoms with E-state index in [4.69, 9.17) is 19.3 Å². The number of carbonyl (C=O) groups is 1. The van der Waals surface area contributed by atoms with Gasteiger partial charge in [0.15, 0.2) is 11.5 Å². The molecule has 0 saturated carbocycles. The summed E-state index contributed by atoms with van der Waals surface area (Å²) < 4.78 is 15.1. The van der Waals surface area contributed by atoms with Gasteiger partial charge < -0.3 is 19.3 Å². The van der Waals surface area contributed by atoms with Crippen molar-refractivity contribution in [2.45, 2.75) is 6.48 Å². The molecule has 0 aromatic heterocycles. The molecule has 1 unspecified atom stereocenters. The maximum Gasteiger partial charge on any atom is 0.360 e. The third-order valence-corrected chi connectivity index (χ3v) is 1.83.